The predicted molar refractivity (Wildman–Crippen MR) is 110 cm³/mol. The number of rotatable bonds is 7. The van der Waals surface area contributed by atoms with Gasteiger partial charge in [-0.25, -0.2) is 5.48 Å². The van der Waals surface area contributed by atoms with E-state index in [1.54, 1.807) is 0 Å². The van der Waals surface area contributed by atoms with Crippen LogP contribution in [0.15, 0.2) is 48.5 Å². The number of aromatic nitrogens is 3. The maximum Gasteiger partial charge on any atom is 0.253 e. The van der Waals surface area contributed by atoms with Gasteiger partial charge >= 0.3 is 0 Å². The van der Waals surface area contributed by atoms with Crippen molar-refractivity contribution in [3.05, 3.63) is 70.2 Å². The number of nitrogens with one attached hydrogen (secondary N) is 3. The molecule has 0 aliphatic heterocycles. The lowest BCUT2D eigenvalue weighted by molar-refractivity contribution is 0.267. The Kier molecular flexibility index (Phi) is 5.55. The molecule has 0 spiro atoms. The van der Waals surface area contributed by atoms with E-state index in [1.807, 2.05) is 24.3 Å². The molecule has 0 radical (unpaired) electrons. The standard InChI is InChI=1S/C20H21ClN6O/c1-28-27-20-25-18(22-12-13-5-4-8-16(21)9-13)24-19(26-20)23-17-10-14-6-2-3-7-15(14)11-17/h2-9,17H,10-12H2,1H3,(H3,22,23,24,25,26,27). The van der Waals surface area contributed by atoms with E-state index in [0.717, 1.165) is 18.4 Å². The summed E-state index contributed by atoms with van der Waals surface area (Å²) in [5, 5.41) is 7.32. The van der Waals surface area contributed by atoms with Crippen molar-refractivity contribution < 1.29 is 4.84 Å². The monoisotopic (exact) mass is 396 g/mol. The maximum atomic E-state index is 6.05. The van der Waals surface area contributed by atoms with Crippen LogP contribution in [-0.2, 0) is 24.2 Å². The highest BCUT2D eigenvalue weighted by molar-refractivity contribution is 6.30. The van der Waals surface area contributed by atoms with Crippen LogP contribution >= 0.6 is 11.6 Å². The zero-order chi connectivity index (χ0) is 19.3. The van der Waals surface area contributed by atoms with Gasteiger partial charge in [-0.3, -0.25) is 4.84 Å². The molecule has 0 amide bonds. The van der Waals surface area contributed by atoms with Gasteiger partial charge in [0.25, 0.3) is 5.95 Å². The highest BCUT2D eigenvalue weighted by Crippen LogP contribution is 2.24. The van der Waals surface area contributed by atoms with Crippen LogP contribution in [0.2, 0.25) is 5.02 Å². The van der Waals surface area contributed by atoms with Gasteiger partial charge in [0.1, 0.15) is 0 Å². The Labute approximate surface area is 168 Å². The molecule has 7 nitrogen and oxygen atoms in total. The van der Waals surface area contributed by atoms with Crippen LogP contribution in [-0.4, -0.2) is 28.1 Å². The summed E-state index contributed by atoms with van der Waals surface area (Å²) in [5.74, 6) is 1.29. The van der Waals surface area contributed by atoms with Crippen molar-refractivity contribution in [3.63, 3.8) is 0 Å². The summed E-state index contributed by atoms with van der Waals surface area (Å²) >= 11 is 6.05. The number of hydrogen-bond donors (Lipinski definition) is 3. The third-order valence-corrected chi connectivity index (χ3v) is 4.79. The molecule has 0 bridgehead atoms. The van der Waals surface area contributed by atoms with Gasteiger partial charge in [0.15, 0.2) is 0 Å². The van der Waals surface area contributed by atoms with Gasteiger partial charge in [0.2, 0.25) is 11.9 Å². The van der Waals surface area contributed by atoms with E-state index in [2.05, 4.69) is 55.3 Å². The van der Waals surface area contributed by atoms with Crippen LogP contribution in [0.3, 0.4) is 0 Å². The van der Waals surface area contributed by atoms with Gasteiger partial charge in [0.05, 0.1) is 7.11 Å². The van der Waals surface area contributed by atoms with E-state index in [1.165, 1.54) is 18.2 Å². The molecular formula is C20H21ClN6O. The molecule has 0 atom stereocenters. The molecule has 1 aromatic heterocycles. The molecule has 144 valence electrons. The lowest BCUT2D eigenvalue weighted by atomic mass is 10.1. The zero-order valence-electron chi connectivity index (χ0n) is 15.4. The van der Waals surface area contributed by atoms with E-state index in [0.29, 0.717) is 29.4 Å². The van der Waals surface area contributed by atoms with Crippen LogP contribution in [0.1, 0.15) is 16.7 Å². The molecule has 1 aliphatic carbocycles. The van der Waals surface area contributed by atoms with Crippen molar-refractivity contribution >= 4 is 29.4 Å². The molecule has 3 aromatic rings. The first-order valence-corrected chi connectivity index (χ1v) is 9.44. The van der Waals surface area contributed by atoms with E-state index >= 15 is 0 Å². The third kappa shape index (κ3) is 4.49. The number of benzene rings is 2. The fraction of sp³-hybridized carbons (Fsp3) is 0.250. The fourth-order valence-electron chi connectivity index (χ4n) is 3.33. The Balaban J connectivity index is 1.48. The Morgan fingerprint density at radius 1 is 0.964 bits per heavy atom. The molecule has 1 aliphatic rings. The Morgan fingerprint density at radius 2 is 1.68 bits per heavy atom. The topological polar surface area (TPSA) is 84.0 Å². The molecule has 3 N–H and O–H groups in total. The summed E-state index contributed by atoms with van der Waals surface area (Å²) in [4.78, 5) is 18.2. The minimum atomic E-state index is 0.246. The van der Waals surface area contributed by atoms with Crippen molar-refractivity contribution in [1.29, 1.82) is 0 Å². The van der Waals surface area contributed by atoms with Gasteiger partial charge in [-0.05, 0) is 41.7 Å². The largest absolute Gasteiger partial charge is 0.351 e. The summed E-state index contributed by atoms with van der Waals surface area (Å²) in [6.07, 6.45) is 1.89. The summed E-state index contributed by atoms with van der Waals surface area (Å²) < 4.78 is 0. The average Bonchev–Trinajstić information content (AvgIpc) is 3.09. The Morgan fingerprint density at radius 3 is 2.39 bits per heavy atom. The lowest BCUT2D eigenvalue weighted by Gasteiger charge is -2.14. The fourth-order valence-corrected chi connectivity index (χ4v) is 3.54. The first-order chi connectivity index (χ1) is 13.7. The van der Waals surface area contributed by atoms with Gasteiger partial charge in [-0.2, -0.15) is 15.0 Å². The van der Waals surface area contributed by atoms with Crippen molar-refractivity contribution in [2.24, 2.45) is 0 Å². The van der Waals surface area contributed by atoms with Crippen LogP contribution in [0, 0.1) is 0 Å². The molecule has 4 rings (SSSR count). The molecule has 0 saturated carbocycles. The molecular weight excluding hydrogens is 376 g/mol. The van der Waals surface area contributed by atoms with Gasteiger partial charge in [0, 0.05) is 17.6 Å². The molecule has 0 fully saturated rings. The van der Waals surface area contributed by atoms with E-state index in [9.17, 15) is 0 Å². The second-order valence-corrected chi connectivity index (χ2v) is 7.05. The van der Waals surface area contributed by atoms with Crippen molar-refractivity contribution in [2.45, 2.75) is 25.4 Å². The smallest absolute Gasteiger partial charge is 0.253 e. The predicted octanol–water partition coefficient (Wildman–Crippen LogP) is 3.69. The molecule has 0 unspecified atom stereocenters. The van der Waals surface area contributed by atoms with Gasteiger partial charge in [-0.15, -0.1) is 0 Å². The second kappa shape index (κ2) is 8.41. The second-order valence-electron chi connectivity index (χ2n) is 6.61. The van der Waals surface area contributed by atoms with Crippen molar-refractivity contribution in [1.82, 2.24) is 15.0 Å². The first kappa shape index (κ1) is 18.5. The minimum Gasteiger partial charge on any atom is -0.351 e. The maximum absolute atomic E-state index is 6.05. The highest BCUT2D eigenvalue weighted by Gasteiger charge is 2.22. The van der Waals surface area contributed by atoms with Crippen LogP contribution in [0.4, 0.5) is 17.8 Å². The normalized spacial score (nSPS) is 13.2. The number of halogens is 1. The summed E-state index contributed by atoms with van der Waals surface area (Å²) in [6, 6.07) is 16.4. The van der Waals surface area contributed by atoms with Crippen LogP contribution < -0.4 is 16.1 Å². The van der Waals surface area contributed by atoms with E-state index in [-0.39, 0.29) is 6.04 Å². The number of nitrogens with zero attached hydrogens (tertiary/aromatic N) is 3. The van der Waals surface area contributed by atoms with Crippen LogP contribution in [0.5, 0.6) is 0 Å². The molecule has 1 heterocycles. The van der Waals surface area contributed by atoms with E-state index in [4.69, 9.17) is 16.4 Å². The Hall–Kier alpha value is -2.90. The summed E-state index contributed by atoms with van der Waals surface area (Å²) in [5.41, 5.74) is 6.44. The van der Waals surface area contributed by atoms with Crippen LogP contribution in [0.25, 0.3) is 0 Å². The van der Waals surface area contributed by atoms with Gasteiger partial charge < -0.3 is 10.6 Å². The number of fused-ring (bicyclic) bond motifs is 1. The number of anilines is 3. The minimum absolute atomic E-state index is 0.246. The summed E-state index contributed by atoms with van der Waals surface area (Å²) in [7, 11) is 1.52. The van der Waals surface area contributed by atoms with Crippen molar-refractivity contribution in [2.75, 3.05) is 23.2 Å². The SMILES string of the molecule is CONc1nc(NCc2cccc(Cl)c2)nc(NC2Cc3ccccc3C2)n1. The molecule has 28 heavy (non-hydrogen) atoms. The lowest BCUT2D eigenvalue weighted by Crippen LogP contribution is -2.22. The quantitative estimate of drug-likeness (QED) is 0.525. The molecule has 8 heteroatoms. The summed E-state index contributed by atoms with van der Waals surface area (Å²) in [6.45, 7) is 0.547. The molecule has 2 aromatic carbocycles. The highest BCUT2D eigenvalue weighted by atomic mass is 35.5. The average molecular weight is 397 g/mol. The first-order valence-electron chi connectivity index (χ1n) is 9.06. The van der Waals surface area contributed by atoms with Gasteiger partial charge in [-0.1, -0.05) is 48.0 Å². The number of hydrogen-bond acceptors (Lipinski definition) is 7. The third-order valence-electron chi connectivity index (χ3n) is 4.55. The zero-order valence-corrected chi connectivity index (χ0v) is 16.2. The van der Waals surface area contributed by atoms with E-state index < -0.39 is 0 Å². The Bertz CT molecular complexity index is 942. The van der Waals surface area contributed by atoms with Crippen molar-refractivity contribution in [3.8, 4) is 0 Å². The molecule has 0 saturated heterocycles.